The lowest BCUT2D eigenvalue weighted by molar-refractivity contribution is -0.152. The van der Waals surface area contributed by atoms with Crippen molar-refractivity contribution < 1.29 is 13.9 Å². The molecule has 6 heteroatoms. The molecule has 0 aromatic heterocycles. The van der Waals surface area contributed by atoms with Crippen molar-refractivity contribution in [2.24, 2.45) is 5.41 Å². The van der Waals surface area contributed by atoms with Crippen molar-refractivity contribution in [1.29, 1.82) is 0 Å². The van der Waals surface area contributed by atoms with Crippen molar-refractivity contribution >= 4 is 23.2 Å². The van der Waals surface area contributed by atoms with Crippen LogP contribution < -0.4 is 4.90 Å². The summed E-state index contributed by atoms with van der Waals surface area (Å²) in [4.78, 5) is 16.9. The van der Waals surface area contributed by atoms with Crippen LogP contribution in [0, 0.1) is 11.2 Å². The highest BCUT2D eigenvalue weighted by Crippen LogP contribution is 2.43. The summed E-state index contributed by atoms with van der Waals surface area (Å²) in [5, 5.41) is 0.134. The Labute approximate surface area is 141 Å². The normalized spacial score (nSPS) is 20.3. The fourth-order valence-corrected chi connectivity index (χ4v) is 3.66. The predicted molar refractivity (Wildman–Crippen MR) is 88.4 cm³/mol. The number of hydrogen-bond donors (Lipinski definition) is 0. The zero-order valence-corrected chi connectivity index (χ0v) is 14.1. The molecule has 126 valence electrons. The van der Waals surface area contributed by atoms with Gasteiger partial charge in [-0.1, -0.05) is 18.0 Å². The summed E-state index contributed by atoms with van der Waals surface area (Å²) in [5.41, 5.74) is 0.606. The number of nitrogens with zero attached hydrogens (tertiary/aromatic N) is 2. The molecule has 0 radical (unpaired) electrons. The van der Waals surface area contributed by atoms with Crippen molar-refractivity contribution in [3.63, 3.8) is 0 Å². The van der Waals surface area contributed by atoms with E-state index in [0.717, 1.165) is 38.0 Å². The Morgan fingerprint density at radius 1 is 1.30 bits per heavy atom. The molecule has 3 rings (SSSR count). The van der Waals surface area contributed by atoms with Gasteiger partial charge in [-0.2, -0.15) is 0 Å². The molecule has 0 atom stereocenters. The van der Waals surface area contributed by atoms with Gasteiger partial charge in [0.15, 0.2) is 0 Å². The lowest BCUT2D eigenvalue weighted by atomic mass is 9.68. The van der Waals surface area contributed by atoms with Crippen LogP contribution in [0.25, 0.3) is 0 Å². The van der Waals surface area contributed by atoms with Gasteiger partial charge in [0.2, 0.25) is 5.91 Å². The highest BCUT2D eigenvalue weighted by molar-refractivity contribution is 6.31. The van der Waals surface area contributed by atoms with Crippen molar-refractivity contribution in [1.82, 2.24) is 4.90 Å². The van der Waals surface area contributed by atoms with Gasteiger partial charge in [-0.25, -0.2) is 4.39 Å². The summed E-state index contributed by atoms with van der Waals surface area (Å²) >= 11 is 5.85. The Morgan fingerprint density at radius 2 is 2.00 bits per heavy atom. The Kier molecular flexibility index (Phi) is 4.78. The van der Waals surface area contributed by atoms with Crippen LogP contribution in [0.2, 0.25) is 5.02 Å². The maximum atomic E-state index is 13.3. The molecule has 0 unspecified atom stereocenters. The highest BCUT2D eigenvalue weighted by Gasteiger charge is 2.46. The number of ether oxygens (including phenoxy) is 1. The van der Waals surface area contributed by atoms with Crippen molar-refractivity contribution in [2.45, 2.75) is 19.3 Å². The average molecular weight is 341 g/mol. The molecule has 1 saturated carbocycles. The van der Waals surface area contributed by atoms with Crippen molar-refractivity contribution in [3.8, 4) is 0 Å². The van der Waals surface area contributed by atoms with Gasteiger partial charge in [-0.05, 0) is 31.0 Å². The third kappa shape index (κ3) is 3.17. The third-order valence-electron chi connectivity index (χ3n) is 5.02. The van der Waals surface area contributed by atoms with Crippen LogP contribution in [0.3, 0.4) is 0 Å². The molecule has 1 heterocycles. The number of amides is 1. The largest absolute Gasteiger partial charge is 0.384 e. The number of halogens is 2. The molecule has 1 amide bonds. The Hall–Kier alpha value is -1.33. The average Bonchev–Trinajstić information content (AvgIpc) is 2.53. The fraction of sp³-hybridized carbons (Fsp3) is 0.588. The predicted octanol–water partition coefficient (Wildman–Crippen LogP) is 2.94. The van der Waals surface area contributed by atoms with Gasteiger partial charge in [0.25, 0.3) is 0 Å². The lowest BCUT2D eigenvalue weighted by Gasteiger charge is -2.45. The monoisotopic (exact) mass is 340 g/mol. The second-order valence-electron chi connectivity index (χ2n) is 6.44. The Morgan fingerprint density at radius 3 is 2.52 bits per heavy atom. The van der Waals surface area contributed by atoms with Crippen LogP contribution in [-0.4, -0.2) is 50.7 Å². The summed E-state index contributed by atoms with van der Waals surface area (Å²) in [7, 11) is 1.66. The van der Waals surface area contributed by atoms with Gasteiger partial charge in [0.1, 0.15) is 5.82 Å². The van der Waals surface area contributed by atoms with Crippen molar-refractivity contribution in [2.75, 3.05) is 44.8 Å². The molecule has 0 spiro atoms. The van der Waals surface area contributed by atoms with Gasteiger partial charge in [0.05, 0.1) is 17.0 Å². The first-order valence-corrected chi connectivity index (χ1v) is 8.42. The Bertz CT molecular complexity index is 584. The minimum atomic E-state index is -0.407. The quantitative estimate of drug-likeness (QED) is 0.845. The molecule has 1 aliphatic carbocycles. The molecule has 2 fully saturated rings. The van der Waals surface area contributed by atoms with Crippen LogP contribution in [-0.2, 0) is 9.53 Å². The zero-order valence-electron chi connectivity index (χ0n) is 13.4. The SMILES string of the molecule is COCC1(C(=O)N2CCN(c3ccc(F)c(Cl)c3)CC2)CCC1. The van der Waals surface area contributed by atoms with E-state index in [0.29, 0.717) is 19.7 Å². The smallest absolute Gasteiger partial charge is 0.231 e. The Balaban J connectivity index is 1.62. The number of carbonyl (C=O) groups is 1. The molecular weight excluding hydrogens is 319 g/mol. The van der Waals surface area contributed by atoms with Crippen LogP contribution in [0.15, 0.2) is 18.2 Å². The first kappa shape index (κ1) is 16.5. The van der Waals surface area contributed by atoms with E-state index in [2.05, 4.69) is 4.90 Å². The van der Waals surface area contributed by atoms with Gasteiger partial charge >= 0.3 is 0 Å². The minimum absolute atomic E-state index is 0.134. The van der Waals surface area contributed by atoms with E-state index in [1.165, 1.54) is 6.07 Å². The molecule has 0 N–H and O–H groups in total. The van der Waals surface area contributed by atoms with Gasteiger partial charge in [-0.15, -0.1) is 0 Å². The summed E-state index contributed by atoms with van der Waals surface area (Å²) in [6.45, 7) is 3.34. The van der Waals surface area contributed by atoms with E-state index in [-0.39, 0.29) is 16.3 Å². The topological polar surface area (TPSA) is 32.8 Å². The number of anilines is 1. The van der Waals surface area contributed by atoms with E-state index in [1.54, 1.807) is 19.2 Å². The molecule has 1 aliphatic heterocycles. The second-order valence-corrected chi connectivity index (χ2v) is 6.85. The molecular formula is C17H22ClFN2O2. The number of methoxy groups -OCH3 is 1. The standard InChI is InChI=1S/C17H22ClFN2O2/c1-23-12-17(5-2-6-17)16(22)21-9-7-20(8-10-21)13-3-4-15(19)14(18)11-13/h3-4,11H,2,5-10,12H2,1H3. The van der Waals surface area contributed by atoms with Crippen LogP contribution >= 0.6 is 11.6 Å². The van der Waals surface area contributed by atoms with Gasteiger partial charge in [-0.3, -0.25) is 4.79 Å². The first-order chi connectivity index (χ1) is 11.1. The molecule has 4 nitrogen and oxygen atoms in total. The molecule has 23 heavy (non-hydrogen) atoms. The van der Waals surface area contributed by atoms with Crippen molar-refractivity contribution in [3.05, 3.63) is 29.0 Å². The summed E-state index contributed by atoms with van der Waals surface area (Å²) in [6, 6.07) is 4.76. The van der Waals surface area contributed by atoms with Crippen LogP contribution in [0.4, 0.5) is 10.1 Å². The molecule has 2 aliphatic rings. The summed E-state index contributed by atoms with van der Waals surface area (Å²) < 4.78 is 18.5. The fourth-order valence-electron chi connectivity index (χ4n) is 3.48. The zero-order chi connectivity index (χ0) is 16.4. The van der Waals surface area contributed by atoms with Gasteiger partial charge < -0.3 is 14.5 Å². The van der Waals surface area contributed by atoms with E-state index >= 15 is 0 Å². The minimum Gasteiger partial charge on any atom is -0.384 e. The van der Waals surface area contributed by atoms with Crippen LogP contribution in [0.1, 0.15) is 19.3 Å². The molecule has 1 aromatic rings. The highest BCUT2D eigenvalue weighted by atomic mass is 35.5. The van der Waals surface area contributed by atoms with Crippen LogP contribution in [0.5, 0.6) is 0 Å². The maximum absolute atomic E-state index is 13.3. The number of carbonyl (C=O) groups excluding carboxylic acids is 1. The molecule has 1 aromatic carbocycles. The summed E-state index contributed by atoms with van der Waals surface area (Å²) in [5.74, 6) is -0.182. The second kappa shape index (κ2) is 6.65. The lowest BCUT2D eigenvalue weighted by Crippen LogP contribution is -2.56. The number of benzene rings is 1. The number of hydrogen-bond acceptors (Lipinski definition) is 3. The molecule has 1 saturated heterocycles. The summed E-state index contributed by atoms with van der Waals surface area (Å²) in [6.07, 6.45) is 2.95. The molecule has 0 bridgehead atoms. The van der Waals surface area contributed by atoms with E-state index in [1.807, 2.05) is 4.90 Å². The van der Waals surface area contributed by atoms with E-state index < -0.39 is 5.82 Å². The van der Waals surface area contributed by atoms with E-state index in [9.17, 15) is 9.18 Å². The number of rotatable bonds is 4. The van der Waals surface area contributed by atoms with Gasteiger partial charge in [0, 0.05) is 39.0 Å². The van der Waals surface area contributed by atoms with E-state index in [4.69, 9.17) is 16.3 Å². The third-order valence-corrected chi connectivity index (χ3v) is 5.31. The maximum Gasteiger partial charge on any atom is 0.231 e. The first-order valence-electron chi connectivity index (χ1n) is 8.04. The number of piperazine rings is 1.